The minimum Gasteiger partial charge on any atom is -0.342 e. The molecule has 33 heavy (non-hydrogen) atoms. The predicted molar refractivity (Wildman–Crippen MR) is 126 cm³/mol. The Kier molecular flexibility index (Phi) is 6.34. The summed E-state index contributed by atoms with van der Waals surface area (Å²) in [5.41, 5.74) is 3.25. The van der Waals surface area contributed by atoms with Crippen LogP contribution in [0.5, 0.6) is 0 Å². The van der Waals surface area contributed by atoms with E-state index in [-0.39, 0.29) is 16.6 Å². The number of hydrogen-bond donors (Lipinski definition) is 3. The standard InChI is InChI=1S/C24H21FN4O3S/c1-26-33(31,32)19-10-6-16(7-11-19)8-13-24(30)27-18-9-12-21-22(15-18)29-23(28-21)14-17-4-2-3-5-20(17)25/h2-13,15,26H,14H2,1H3,(H,27,30)(H,28,29). The van der Waals surface area contributed by atoms with Gasteiger partial charge >= 0.3 is 0 Å². The number of carbonyl (C=O) groups excluding carboxylic acids is 1. The van der Waals surface area contributed by atoms with Gasteiger partial charge in [-0.05, 0) is 60.6 Å². The quantitative estimate of drug-likeness (QED) is 0.361. The van der Waals surface area contributed by atoms with Crippen LogP contribution in [0.1, 0.15) is 17.0 Å². The number of carbonyl (C=O) groups is 1. The summed E-state index contributed by atoms with van der Waals surface area (Å²) in [6, 6.07) is 18.0. The fraction of sp³-hybridized carbons (Fsp3) is 0.0833. The first-order chi connectivity index (χ1) is 15.8. The molecule has 168 valence electrons. The molecular weight excluding hydrogens is 443 g/mol. The van der Waals surface area contributed by atoms with Crippen LogP contribution in [-0.2, 0) is 21.2 Å². The van der Waals surface area contributed by atoms with Gasteiger partial charge in [0.2, 0.25) is 15.9 Å². The van der Waals surface area contributed by atoms with Gasteiger partial charge in [0.05, 0.1) is 15.9 Å². The van der Waals surface area contributed by atoms with E-state index in [1.165, 1.54) is 31.3 Å². The average molecular weight is 465 g/mol. The third-order valence-corrected chi connectivity index (χ3v) is 6.43. The number of anilines is 1. The van der Waals surface area contributed by atoms with Crippen LogP contribution in [0, 0.1) is 5.82 Å². The summed E-state index contributed by atoms with van der Waals surface area (Å²) in [5, 5.41) is 2.78. The average Bonchev–Trinajstić information content (AvgIpc) is 3.21. The van der Waals surface area contributed by atoms with Gasteiger partial charge in [-0.1, -0.05) is 30.3 Å². The maximum Gasteiger partial charge on any atom is 0.248 e. The first kappa shape index (κ1) is 22.4. The second-order valence-corrected chi connectivity index (χ2v) is 9.17. The fourth-order valence-electron chi connectivity index (χ4n) is 3.28. The van der Waals surface area contributed by atoms with Crippen LogP contribution in [-0.4, -0.2) is 31.3 Å². The zero-order valence-corrected chi connectivity index (χ0v) is 18.5. The fourth-order valence-corrected chi connectivity index (χ4v) is 4.01. The maximum absolute atomic E-state index is 13.9. The number of imidazole rings is 1. The van der Waals surface area contributed by atoms with Gasteiger partial charge < -0.3 is 10.3 Å². The number of H-pyrrole nitrogens is 1. The zero-order valence-electron chi connectivity index (χ0n) is 17.7. The van der Waals surface area contributed by atoms with Gasteiger partial charge in [0.15, 0.2) is 0 Å². The number of fused-ring (bicyclic) bond motifs is 1. The lowest BCUT2D eigenvalue weighted by Crippen LogP contribution is -2.18. The number of nitrogens with one attached hydrogen (secondary N) is 3. The molecule has 1 amide bonds. The number of sulfonamides is 1. The largest absolute Gasteiger partial charge is 0.342 e. The van der Waals surface area contributed by atoms with Crippen molar-refractivity contribution in [3.63, 3.8) is 0 Å². The molecule has 3 aromatic carbocycles. The molecule has 4 aromatic rings. The molecule has 0 aliphatic carbocycles. The lowest BCUT2D eigenvalue weighted by molar-refractivity contribution is -0.111. The smallest absolute Gasteiger partial charge is 0.248 e. The van der Waals surface area contributed by atoms with E-state index in [1.807, 2.05) is 0 Å². The van der Waals surface area contributed by atoms with Gasteiger partial charge in [-0.2, -0.15) is 0 Å². The highest BCUT2D eigenvalue weighted by Crippen LogP contribution is 2.20. The molecule has 1 heterocycles. The van der Waals surface area contributed by atoms with E-state index in [4.69, 9.17) is 0 Å². The first-order valence-corrected chi connectivity index (χ1v) is 11.6. The monoisotopic (exact) mass is 464 g/mol. The van der Waals surface area contributed by atoms with Gasteiger partial charge in [-0.15, -0.1) is 0 Å². The van der Waals surface area contributed by atoms with Gasteiger partial charge in [-0.3, -0.25) is 4.79 Å². The number of benzene rings is 3. The molecule has 4 rings (SSSR count). The molecule has 0 unspecified atom stereocenters. The highest BCUT2D eigenvalue weighted by atomic mass is 32.2. The molecule has 0 saturated carbocycles. The Morgan fingerprint density at radius 3 is 2.58 bits per heavy atom. The highest BCUT2D eigenvalue weighted by Gasteiger charge is 2.10. The molecule has 0 saturated heterocycles. The summed E-state index contributed by atoms with van der Waals surface area (Å²) in [6.45, 7) is 0. The number of aromatic amines is 1. The van der Waals surface area contributed by atoms with Crippen LogP contribution in [0.15, 0.2) is 77.7 Å². The molecule has 3 N–H and O–H groups in total. The number of hydrogen-bond acceptors (Lipinski definition) is 4. The lowest BCUT2D eigenvalue weighted by atomic mass is 10.1. The van der Waals surface area contributed by atoms with Crippen LogP contribution in [0.25, 0.3) is 17.1 Å². The summed E-state index contributed by atoms with van der Waals surface area (Å²) in [7, 11) is -2.16. The van der Waals surface area contributed by atoms with Crippen LogP contribution in [0.4, 0.5) is 10.1 Å². The second-order valence-electron chi connectivity index (χ2n) is 7.28. The van der Waals surface area contributed by atoms with E-state index >= 15 is 0 Å². The topological polar surface area (TPSA) is 104 Å². The van der Waals surface area contributed by atoms with Crippen molar-refractivity contribution in [2.45, 2.75) is 11.3 Å². The number of nitrogens with zero attached hydrogens (tertiary/aromatic N) is 1. The Morgan fingerprint density at radius 1 is 1.09 bits per heavy atom. The molecule has 0 bridgehead atoms. The predicted octanol–water partition coefficient (Wildman–Crippen LogP) is 3.85. The Balaban J connectivity index is 1.43. The number of amides is 1. The third kappa shape index (κ3) is 5.33. The van der Waals surface area contributed by atoms with Crippen molar-refractivity contribution in [2.75, 3.05) is 12.4 Å². The van der Waals surface area contributed by atoms with Gasteiger partial charge in [0.25, 0.3) is 0 Å². The molecule has 0 aliphatic heterocycles. The van der Waals surface area contributed by atoms with Crippen molar-refractivity contribution < 1.29 is 17.6 Å². The molecule has 9 heteroatoms. The molecule has 0 aliphatic rings. The van der Waals surface area contributed by atoms with Crippen LogP contribution < -0.4 is 10.0 Å². The minimum absolute atomic E-state index is 0.147. The highest BCUT2D eigenvalue weighted by molar-refractivity contribution is 7.89. The van der Waals surface area contributed by atoms with Crippen molar-refractivity contribution >= 4 is 38.7 Å². The summed E-state index contributed by atoms with van der Waals surface area (Å²) >= 11 is 0. The third-order valence-electron chi connectivity index (χ3n) is 5.00. The molecule has 1 aromatic heterocycles. The van der Waals surface area contributed by atoms with E-state index in [9.17, 15) is 17.6 Å². The summed E-state index contributed by atoms with van der Waals surface area (Å²) < 4.78 is 39.7. The van der Waals surface area contributed by atoms with Crippen LogP contribution >= 0.6 is 0 Å². The maximum atomic E-state index is 13.9. The van der Waals surface area contributed by atoms with Crippen LogP contribution in [0.2, 0.25) is 0 Å². The van der Waals surface area contributed by atoms with E-state index in [0.29, 0.717) is 34.6 Å². The van der Waals surface area contributed by atoms with Crippen molar-refractivity contribution in [1.29, 1.82) is 0 Å². The lowest BCUT2D eigenvalue weighted by Gasteiger charge is -2.03. The first-order valence-electron chi connectivity index (χ1n) is 10.1. The van der Waals surface area contributed by atoms with Crippen molar-refractivity contribution in [2.24, 2.45) is 0 Å². The SMILES string of the molecule is CNS(=O)(=O)c1ccc(C=CC(=O)Nc2ccc3nc(Cc4ccccc4F)[nH]c3c2)cc1. The molecule has 0 radical (unpaired) electrons. The summed E-state index contributed by atoms with van der Waals surface area (Å²) in [4.78, 5) is 20.1. The number of halogens is 1. The molecule has 7 nitrogen and oxygen atoms in total. The number of aromatic nitrogens is 2. The van der Waals surface area contributed by atoms with Crippen molar-refractivity contribution in [3.05, 3.63) is 95.6 Å². The van der Waals surface area contributed by atoms with Crippen LogP contribution in [0.3, 0.4) is 0 Å². The zero-order chi connectivity index (χ0) is 23.4. The molecule has 0 fully saturated rings. The van der Waals surface area contributed by atoms with Crippen molar-refractivity contribution in [1.82, 2.24) is 14.7 Å². The molecule has 0 atom stereocenters. The Hall–Kier alpha value is -3.82. The van der Waals surface area contributed by atoms with E-state index in [0.717, 1.165) is 5.52 Å². The normalized spacial score (nSPS) is 11.8. The Bertz CT molecular complexity index is 1440. The second kappa shape index (κ2) is 9.35. The number of rotatable bonds is 7. The summed E-state index contributed by atoms with van der Waals surface area (Å²) in [5.74, 6) is 0.00515. The van der Waals surface area contributed by atoms with E-state index < -0.39 is 10.0 Å². The molecular formula is C24H21FN4O3S. The Labute approximate surface area is 190 Å². The summed E-state index contributed by atoms with van der Waals surface area (Å²) in [6.07, 6.45) is 3.29. The van der Waals surface area contributed by atoms with Crippen molar-refractivity contribution in [3.8, 4) is 0 Å². The molecule has 0 spiro atoms. The van der Waals surface area contributed by atoms with E-state index in [2.05, 4.69) is 20.0 Å². The van der Waals surface area contributed by atoms with Gasteiger partial charge in [-0.25, -0.2) is 22.5 Å². The van der Waals surface area contributed by atoms with Gasteiger partial charge in [0, 0.05) is 18.2 Å². The van der Waals surface area contributed by atoms with Gasteiger partial charge in [0.1, 0.15) is 11.6 Å². The van der Waals surface area contributed by atoms with E-state index in [1.54, 1.807) is 54.6 Å². The minimum atomic E-state index is -3.50. The Morgan fingerprint density at radius 2 is 1.85 bits per heavy atom.